The van der Waals surface area contributed by atoms with E-state index in [9.17, 15) is 8.42 Å². The van der Waals surface area contributed by atoms with Crippen LogP contribution in [0.15, 0.2) is 64.2 Å². The molecule has 1 N–H and O–H groups in total. The van der Waals surface area contributed by atoms with Gasteiger partial charge in [-0.15, -0.1) is 0 Å². The molecule has 1 atom stereocenters. The number of nitrogens with one attached hydrogen (secondary N) is 1. The van der Waals surface area contributed by atoms with E-state index in [-0.39, 0.29) is 6.04 Å². The molecule has 1 aliphatic rings. The second-order valence-corrected chi connectivity index (χ2v) is 9.95. The molecule has 2 heterocycles. The highest BCUT2D eigenvalue weighted by molar-refractivity contribution is 9.10. The first kappa shape index (κ1) is 19.5. The molecule has 0 bridgehead atoms. The van der Waals surface area contributed by atoms with Crippen LogP contribution in [0.5, 0.6) is 0 Å². The van der Waals surface area contributed by atoms with E-state index in [1.54, 1.807) is 28.8 Å². The fraction of sp³-hybridized carbons (Fsp3) is 0.286. The summed E-state index contributed by atoms with van der Waals surface area (Å²) < 4.78 is 28.9. The Labute approximate surface area is 174 Å². The highest BCUT2D eigenvalue weighted by Crippen LogP contribution is 2.32. The lowest BCUT2D eigenvalue weighted by Gasteiger charge is -2.19. The van der Waals surface area contributed by atoms with Crippen molar-refractivity contribution in [3.8, 4) is 0 Å². The first-order chi connectivity index (χ1) is 13.4. The molecule has 1 saturated heterocycles. The fourth-order valence-electron chi connectivity index (χ4n) is 3.59. The molecule has 1 fully saturated rings. The third kappa shape index (κ3) is 3.85. The highest BCUT2D eigenvalue weighted by atomic mass is 79.9. The number of hydrogen-bond acceptors (Lipinski definition) is 4. The largest absolute Gasteiger partial charge is 0.309 e. The summed E-state index contributed by atoms with van der Waals surface area (Å²) in [5.74, 6) is 0. The van der Waals surface area contributed by atoms with Crippen molar-refractivity contribution in [1.29, 1.82) is 0 Å². The minimum atomic E-state index is -3.57. The van der Waals surface area contributed by atoms with Crippen LogP contribution < -0.4 is 5.32 Å². The van der Waals surface area contributed by atoms with Crippen LogP contribution in [-0.2, 0) is 16.6 Å². The van der Waals surface area contributed by atoms with Gasteiger partial charge in [-0.2, -0.15) is 4.31 Å². The molecule has 7 heteroatoms. The summed E-state index contributed by atoms with van der Waals surface area (Å²) in [4.78, 5) is 4.47. The third-order valence-electron chi connectivity index (χ3n) is 5.18. The number of rotatable bonds is 5. The summed E-state index contributed by atoms with van der Waals surface area (Å²) in [6, 6.07) is 13.9. The molecule has 0 unspecified atom stereocenters. The topological polar surface area (TPSA) is 62.3 Å². The summed E-state index contributed by atoms with van der Waals surface area (Å²) in [6.07, 6.45) is 4.13. The quantitative estimate of drug-likeness (QED) is 0.628. The van der Waals surface area contributed by atoms with Gasteiger partial charge in [0.2, 0.25) is 10.0 Å². The number of nitrogens with zero attached hydrogens (tertiary/aromatic N) is 2. The molecule has 2 aromatic carbocycles. The molecule has 1 aliphatic heterocycles. The molecule has 0 radical (unpaired) electrons. The van der Waals surface area contributed by atoms with Gasteiger partial charge in [-0.3, -0.25) is 4.98 Å². The van der Waals surface area contributed by atoms with Gasteiger partial charge in [-0.1, -0.05) is 42.0 Å². The summed E-state index contributed by atoms with van der Waals surface area (Å²) in [6.45, 7) is 3.81. The smallest absolute Gasteiger partial charge is 0.243 e. The van der Waals surface area contributed by atoms with Crippen LogP contribution in [0.2, 0.25) is 0 Å². The standard InChI is InChI=1S/C21H22BrN3O2S/c1-15-5-7-16(8-6-15)11-24-18-9-10-25(14-18)28(26,27)20-4-2-3-17-12-23-13-19(22)21(17)20/h2-8,12-13,18,24H,9-11,14H2,1H3/t18-/m0/s1. The van der Waals surface area contributed by atoms with Gasteiger partial charge < -0.3 is 5.32 Å². The summed E-state index contributed by atoms with van der Waals surface area (Å²) in [7, 11) is -3.57. The monoisotopic (exact) mass is 459 g/mol. The highest BCUT2D eigenvalue weighted by Gasteiger charge is 2.33. The van der Waals surface area contributed by atoms with E-state index in [1.807, 2.05) is 6.07 Å². The molecule has 28 heavy (non-hydrogen) atoms. The Morgan fingerprint density at radius 3 is 2.75 bits per heavy atom. The van der Waals surface area contributed by atoms with Gasteiger partial charge in [-0.05, 0) is 40.9 Å². The second kappa shape index (κ2) is 7.91. The van der Waals surface area contributed by atoms with Crippen molar-refractivity contribution in [2.75, 3.05) is 13.1 Å². The number of halogens is 1. The molecule has 0 amide bonds. The Morgan fingerprint density at radius 1 is 1.18 bits per heavy atom. The van der Waals surface area contributed by atoms with Gasteiger partial charge in [0.1, 0.15) is 0 Å². The SMILES string of the molecule is Cc1ccc(CN[C@H]2CCN(S(=O)(=O)c3cccc4cncc(Br)c34)C2)cc1. The average molecular weight is 460 g/mol. The lowest BCUT2D eigenvalue weighted by Crippen LogP contribution is -2.35. The van der Waals surface area contributed by atoms with E-state index in [2.05, 4.69) is 57.4 Å². The number of aryl methyl sites for hydroxylation is 1. The summed E-state index contributed by atoms with van der Waals surface area (Å²) >= 11 is 3.46. The van der Waals surface area contributed by atoms with Crippen molar-refractivity contribution in [2.24, 2.45) is 0 Å². The van der Waals surface area contributed by atoms with Crippen molar-refractivity contribution in [1.82, 2.24) is 14.6 Å². The van der Waals surface area contributed by atoms with Gasteiger partial charge in [0.25, 0.3) is 0 Å². The molecule has 0 saturated carbocycles. The number of fused-ring (bicyclic) bond motifs is 1. The Kier molecular flexibility index (Phi) is 5.51. The maximum Gasteiger partial charge on any atom is 0.243 e. The number of hydrogen-bond donors (Lipinski definition) is 1. The van der Waals surface area contributed by atoms with Crippen molar-refractivity contribution in [3.63, 3.8) is 0 Å². The Bertz CT molecular complexity index is 1100. The average Bonchev–Trinajstić information content (AvgIpc) is 3.17. The minimum absolute atomic E-state index is 0.149. The van der Waals surface area contributed by atoms with E-state index in [0.29, 0.717) is 27.8 Å². The van der Waals surface area contributed by atoms with Crippen LogP contribution in [0, 0.1) is 6.92 Å². The molecular weight excluding hydrogens is 438 g/mol. The van der Waals surface area contributed by atoms with Crippen LogP contribution >= 0.6 is 15.9 Å². The lowest BCUT2D eigenvalue weighted by atomic mass is 10.1. The molecule has 5 nitrogen and oxygen atoms in total. The van der Waals surface area contributed by atoms with Crippen LogP contribution in [0.1, 0.15) is 17.5 Å². The van der Waals surface area contributed by atoms with E-state index in [0.717, 1.165) is 18.4 Å². The number of benzene rings is 2. The first-order valence-corrected chi connectivity index (χ1v) is 11.5. The van der Waals surface area contributed by atoms with Gasteiger partial charge in [0, 0.05) is 53.3 Å². The van der Waals surface area contributed by atoms with E-state index < -0.39 is 10.0 Å². The van der Waals surface area contributed by atoms with Gasteiger partial charge in [0.15, 0.2) is 0 Å². The van der Waals surface area contributed by atoms with Crippen molar-refractivity contribution in [2.45, 2.75) is 30.8 Å². The predicted molar refractivity (Wildman–Crippen MR) is 115 cm³/mol. The molecule has 4 rings (SSSR count). The van der Waals surface area contributed by atoms with Crippen LogP contribution in [0.25, 0.3) is 10.8 Å². The van der Waals surface area contributed by atoms with Crippen molar-refractivity contribution in [3.05, 3.63) is 70.5 Å². The second-order valence-electron chi connectivity index (χ2n) is 7.19. The Morgan fingerprint density at radius 2 is 1.96 bits per heavy atom. The molecule has 146 valence electrons. The summed E-state index contributed by atoms with van der Waals surface area (Å²) in [5, 5.41) is 4.99. The maximum absolute atomic E-state index is 13.3. The third-order valence-corrected chi connectivity index (χ3v) is 7.69. The van der Waals surface area contributed by atoms with Crippen molar-refractivity contribution >= 4 is 36.7 Å². The van der Waals surface area contributed by atoms with E-state index in [4.69, 9.17) is 0 Å². The zero-order valence-electron chi connectivity index (χ0n) is 15.6. The first-order valence-electron chi connectivity index (χ1n) is 9.26. The molecule has 0 spiro atoms. The molecular formula is C21H22BrN3O2S. The van der Waals surface area contributed by atoms with Gasteiger partial charge in [-0.25, -0.2) is 8.42 Å². The zero-order chi connectivity index (χ0) is 19.7. The predicted octanol–water partition coefficient (Wildman–Crippen LogP) is 3.86. The van der Waals surface area contributed by atoms with E-state index >= 15 is 0 Å². The summed E-state index contributed by atoms with van der Waals surface area (Å²) in [5.41, 5.74) is 2.44. The van der Waals surface area contributed by atoms with Gasteiger partial charge in [0.05, 0.1) is 4.90 Å². The fourth-order valence-corrected chi connectivity index (χ4v) is 6.02. The Hall–Kier alpha value is -1.80. The van der Waals surface area contributed by atoms with Crippen LogP contribution in [-0.4, -0.2) is 36.8 Å². The number of aromatic nitrogens is 1. The number of pyridine rings is 1. The van der Waals surface area contributed by atoms with Crippen LogP contribution in [0.4, 0.5) is 0 Å². The zero-order valence-corrected chi connectivity index (χ0v) is 18.0. The molecule has 0 aliphatic carbocycles. The molecule has 3 aromatic rings. The normalized spacial score (nSPS) is 18.0. The van der Waals surface area contributed by atoms with Crippen molar-refractivity contribution < 1.29 is 8.42 Å². The Balaban J connectivity index is 1.51. The van der Waals surface area contributed by atoms with Crippen LogP contribution in [0.3, 0.4) is 0 Å². The minimum Gasteiger partial charge on any atom is -0.309 e. The lowest BCUT2D eigenvalue weighted by molar-refractivity contribution is 0.457. The molecule has 1 aromatic heterocycles. The van der Waals surface area contributed by atoms with E-state index in [1.165, 1.54) is 11.1 Å². The maximum atomic E-state index is 13.3. The van der Waals surface area contributed by atoms with Gasteiger partial charge >= 0.3 is 0 Å². The number of sulfonamides is 1.